The highest BCUT2D eigenvalue weighted by Crippen LogP contribution is 2.42. The summed E-state index contributed by atoms with van der Waals surface area (Å²) in [5.74, 6) is 1.11. The summed E-state index contributed by atoms with van der Waals surface area (Å²) < 4.78 is 11.8. The van der Waals surface area contributed by atoms with Gasteiger partial charge in [0, 0.05) is 5.92 Å². The van der Waals surface area contributed by atoms with Gasteiger partial charge >= 0.3 is 0 Å². The minimum absolute atomic E-state index is 0.00433. The zero-order chi connectivity index (χ0) is 25.8. The molecule has 0 fully saturated rings. The summed E-state index contributed by atoms with van der Waals surface area (Å²) in [7, 11) is 1.58. The predicted octanol–water partition coefficient (Wildman–Crippen LogP) is 8.83. The van der Waals surface area contributed by atoms with Crippen LogP contribution in [0.3, 0.4) is 0 Å². The first-order valence-electron chi connectivity index (χ1n) is 12.7. The van der Waals surface area contributed by atoms with E-state index < -0.39 is 6.04 Å². The van der Waals surface area contributed by atoms with Gasteiger partial charge in [-0.05, 0) is 76.9 Å². The van der Waals surface area contributed by atoms with E-state index in [1.807, 2.05) is 30.3 Å². The molecule has 0 saturated carbocycles. The van der Waals surface area contributed by atoms with E-state index in [1.54, 1.807) is 7.11 Å². The standard InChI is InChI=1S/C31H43NO3/c1-22(2)13-11-14-23(3)15-12-16-24(4)19-20-28-25(5)26(6)30(31(34-7)29(28)32-33)35-21-27-17-9-8-10-18-27/h8-10,13,15,17-19,25,28-29H,6,11-12,14,16,20-21H2,1-5,7H3/b23-15+,24-19+. The summed E-state index contributed by atoms with van der Waals surface area (Å²) in [5.41, 5.74) is 6.06. The third kappa shape index (κ3) is 8.69. The molecule has 1 aliphatic rings. The van der Waals surface area contributed by atoms with E-state index in [0.29, 0.717) is 18.1 Å². The SMILES string of the molecule is C=C1C(OCc2ccccc2)=C(OC)C(N=O)C(C/C=C(\C)CC/C=C(\C)CCC=C(C)C)C1C. The van der Waals surface area contributed by atoms with Gasteiger partial charge in [0.05, 0.1) is 7.11 Å². The van der Waals surface area contributed by atoms with Crippen LogP contribution >= 0.6 is 0 Å². The van der Waals surface area contributed by atoms with Crippen LogP contribution in [-0.4, -0.2) is 13.2 Å². The van der Waals surface area contributed by atoms with Gasteiger partial charge in [0.25, 0.3) is 0 Å². The molecule has 0 aliphatic heterocycles. The van der Waals surface area contributed by atoms with Gasteiger partial charge in [-0.15, -0.1) is 0 Å². The Morgan fingerprint density at radius 3 is 2.23 bits per heavy atom. The second-order valence-corrected chi connectivity index (χ2v) is 9.90. The van der Waals surface area contributed by atoms with Gasteiger partial charge < -0.3 is 9.47 Å². The summed E-state index contributed by atoms with van der Waals surface area (Å²) in [6.45, 7) is 15.5. The van der Waals surface area contributed by atoms with Crippen molar-refractivity contribution in [1.82, 2.24) is 0 Å². The second-order valence-electron chi connectivity index (χ2n) is 9.90. The lowest BCUT2D eigenvalue weighted by Crippen LogP contribution is -2.34. The van der Waals surface area contributed by atoms with Gasteiger partial charge in [0.1, 0.15) is 6.61 Å². The Bertz CT molecular complexity index is 964. The highest BCUT2D eigenvalue weighted by molar-refractivity contribution is 5.36. The number of nitrogens with zero attached hydrogens (tertiary/aromatic N) is 1. The van der Waals surface area contributed by atoms with E-state index in [2.05, 4.69) is 64.6 Å². The summed E-state index contributed by atoms with van der Waals surface area (Å²) in [6, 6.07) is 9.35. The molecule has 0 saturated heterocycles. The van der Waals surface area contributed by atoms with Crippen LogP contribution in [0.15, 0.2) is 94.1 Å². The minimum atomic E-state index is -0.590. The number of nitroso groups, excluding NO2 is 1. The molecule has 0 bridgehead atoms. The maximum Gasteiger partial charge on any atom is 0.166 e. The molecular formula is C31H43NO3. The topological polar surface area (TPSA) is 47.9 Å². The maximum atomic E-state index is 11.9. The monoisotopic (exact) mass is 477 g/mol. The van der Waals surface area contributed by atoms with Gasteiger partial charge in [-0.2, -0.15) is 4.91 Å². The molecular weight excluding hydrogens is 434 g/mol. The fraction of sp³-hybridized carbons (Fsp3) is 0.484. The average molecular weight is 478 g/mol. The Morgan fingerprint density at radius 2 is 1.63 bits per heavy atom. The van der Waals surface area contributed by atoms with Crippen LogP contribution in [0, 0.1) is 16.7 Å². The third-order valence-corrected chi connectivity index (χ3v) is 6.80. The Kier molecular flexibility index (Phi) is 11.8. The van der Waals surface area contributed by atoms with Crippen LogP contribution in [0.5, 0.6) is 0 Å². The molecule has 4 nitrogen and oxygen atoms in total. The normalized spacial score (nSPS) is 21.1. The van der Waals surface area contributed by atoms with Crippen molar-refractivity contribution in [2.75, 3.05) is 7.11 Å². The third-order valence-electron chi connectivity index (χ3n) is 6.80. The van der Waals surface area contributed by atoms with Crippen molar-refractivity contribution in [2.24, 2.45) is 17.0 Å². The fourth-order valence-electron chi connectivity index (χ4n) is 4.47. The number of hydrogen-bond acceptors (Lipinski definition) is 4. The van der Waals surface area contributed by atoms with Gasteiger partial charge in [0.2, 0.25) is 0 Å². The van der Waals surface area contributed by atoms with Crippen molar-refractivity contribution in [3.05, 3.63) is 99.4 Å². The Labute approximate surface area is 212 Å². The highest BCUT2D eigenvalue weighted by atomic mass is 16.5. The van der Waals surface area contributed by atoms with Crippen molar-refractivity contribution < 1.29 is 9.47 Å². The smallest absolute Gasteiger partial charge is 0.166 e. The van der Waals surface area contributed by atoms with Crippen molar-refractivity contribution in [3.63, 3.8) is 0 Å². The molecule has 2 rings (SSSR count). The number of benzene rings is 1. The molecule has 35 heavy (non-hydrogen) atoms. The van der Waals surface area contributed by atoms with Gasteiger partial charge in [-0.1, -0.05) is 84.0 Å². The molecule has 1 aromatic carbocycles. The summed E-state index contributed by atoms with van der Waals surface area (Å²) in [6.07, 6.45) is 11.9. The molecule has 0 spiro atoms. The Hall–Kier alpha value is -2.88. The molecule has 0 aromatic heterocycles. The molecule has 4 heteroatoms. The molecule has 3 unspecified atom stereocenters. The number of hydrogen-bond donors (Lipinski definition) is 0. The zero-order valence-electron chi connectivity index (χ0n) is 22.5. The van der Waals surface area contributed by atoms with E-state index in [1.165, 1.54) is 16.7 Å². The quantitative estimate of drug-likeness (QED) is 0.211. The van der Waals surface area contributed by atoms with Crippen molar-refractivity contribution in [2.45, 2.75) is 79.4 Å². The van der Waals surface area contributed by atoms with Crippen LogP contribution in [0.4, 0.5) is 0 Å². The van der Waals surface area contributed by atoms with E-state index in [0.717, 1.165) is 43.2 Å². The largest absolute Gasteiger partial charge is 0.495 e. The first kappa shape index (κ1) is 28.4. The van der Waals surface area contributed by atoms with E-state index >= 15 is 0 Å². The summed E-state index contributed by atoms with van der Waals surface area (Å²) >= 11 is 0. The van der Waals surface area contributed by atoms with Gasteiger partial charge in [-0.3, -0.25) is 0 Å². The number of rotatable bonds is 13. The van der Waals surface area contributed by atoms with Gasteiger partial charge in [0.15, 0.2) is 17.6 Å². The molecule has 0 heterocycles. The highest BCUT2D eigenvalue weighted by Gasteiger charge is 2.41. The Morgan fingerprint density at radius 1 is 1.00 bits per heavy atom. The van der Waals surface area contributed by atoms with Crippen molar-refractivity contribution >= 4 is 0 Å². The van der Waals surface area contributed by atoms with Crippen LogP contribution < -0.4 is 0 Å². The molecule has 0 radical (unpaired) electrons. The zero-order valence-corrected chi connectivity index (χ0v) is 22.5. The Balaban J connectivity index is 2.04. The number of allylic oxidation sites excluding steroid dienone is 7. The predicted molar refractivity (Wildman–Crippen MR) is 147 cm³/mol. The minimum Gasteiger partial charge on any atom is -0.495 e. The lowest BCUT2D eigenvalue weighted by Gasteiger charge is -2.36. The number of ether oxygens (including phenoxy) is 2. The molecule has 0 amide bonds. The summed E-state index contributed by atoms with van der Waals surface area (Å²) in [5, 5.41) is 3.48. The fourth-order valence-corrected chi connectivity index (χ4v) is 4.47. The first-order chi connectivity index (χ1) is 16.8. The summed E-state index contributed by atoms with van der Waals surface area (Å²) in [4.78, 5) is 11.9. The van der Waals surface area contributed by atoms with Crippen LogP contribution in [0.2, 0.25) is 0 Å². The van der Waals surface area contributed by atoms with Crippen molar-refractivity contribution in [3.8, 4) is 0 Å². The van der Waals surface area contributed by atoms with Crippen molar-refractivity contribution in [1.29, 1.82) is 0 Å². The number of methoxy groups -OCH3 is 1. The van der Waals surface area contributed by atoms with Crippen LogP contribution in [0.1, 0.15) is 72.3 Å². The molecule has 3 atom stereocenters. The average Bonchev–Trinajstić information content (AvgIpc) is 2.84. The van der Waals surface area contributed by atoms with Crippen LogP contribution in [-0.2, 0) is 16.1 Å². The first-order valence-corrected chi connectivity index (χ1v) is 12.7. The van der Waals surface area contributed by atoms with E-state index in [9.17, 15) is 4.91 Å². The molecule has 190 valence electrons. The van der Waals surface area contributed by atoms with Crippen LogP contribution in [0.25, 0.3) is 0 Å². The van der Waals surface area contributed by atoms with E-state index in [-0.39, 0.29) is 11.8 Å². The maximum absolute atomic E-state index is 11.9. The van der Waals surface area contributed by atoms with Gasteiger partial charge in [-0.25, -0.2) is 0 Å². The molecule has 1 aliphatic carbocycles. The molecule has 1 aromatic rings. The lowest BCUT2D eigenvalue weighted by molar-refractivity contribution is 0.129. The van der Waals surface area contributed by atoms with E-state index in [4.69, 9.17) is 9.47 Å². The molecule has 0 N–H and O–H groups in total. The lowest BCUT2D eigenvalue weighted by atomic mass is 9.74. The second kappa shape index (κ2) is 14.5.